The molecule has 6 heteroatoms. The Bertz CT molecular complexity index is 1180. The number of rotatable bonds is 11. The lowest BCUT2D eigenvalue weighted by Crippen LogP contribution is -2.35. The van der Waals surface area contributed by atoms with E-state index in [-0.39, 0.29) is 5.92 Å². The Morgan fingerprint density at radius 3 is 2.62 bits per heavy atom. The Kier molecular flexibility index (Phi) is 11.7. The Labute approximate surface area is 232 Å². The molecule has 1 fully saturated rings. The molecular formula is C31H40N4S2. The molecule has 196 valence electrons. The first-order valence-corrected chi connectivity index (χ1v) is 14.4. The first-order valence-electron chi connectivity index (χ1n) is 12.6. The Morgan fingerprint density at radius 2 is 2.05 bits per heavy atom. The molecule has 2 heterocycles. The quantitative estimate of drug-likeness (QED) is 0.179. The van der Waals surface area contributed by atoms with Crippen LogP contribution in [0.4, 0.5) is 0 Å². The lowest BCUT2D eigenvalue weighted by molar-refractivity contribution is 0.222. The largest absolute Gasteiger partial charge is 0.402 e. The van der Waals surface area contributed by atoms with E-state index < -0.39 is 0 Å². The molecule has 2 rings (SSSR count). The van der Waals surface area contributed by atoms with E-state index in [1.165, 1.54) is 23.1 Å². The van der Waals surface area contributed by atoms with Crippen LogP contribution in [-0.4, -0.2) is 36.0 Å². The topological polar surface area (TPSA) is 76.9 Å². The number of terminal acetylenes is 1. The third-order valence-electron chi connectivity index (χ3n) is 7.44. The number of nitrogens with zero attached hydrogens (tertiary/aromatic N) is 2. The van der Waals surface area contributed by atoms with Crippen LogP contribution in [0.5, 0.6) is 0 Å². The van der Waals surface area contributed by atoms with Gasteiger partial charge in [-0.2, -0.15) is 5.26 Å². The van der Waals surface area contributed by atoms with E-state index in [0.29, 0.717) is 28.8 Å². The van der Waals surface area contributed by atoms with E-state index >= 15 is 0 Å². The van der Waals surface area contributed by atoms with Gasteiger partial charge in [-0.05, 0) is 68.9 Å². The molecule has 0 spiro atoms. The molecule has 37 heavy (non-hydrogen) atoms. The van der Waals surface area contributed by atoms with Crippen LogP contribution in [0.25, 0.3) is 5.57 Å². The molecule has 1 aromatic heterocycles. The van der Waals surface area contributed by atoms with Gasteiger partial charge < -0.3 is 11.1 Å². The molecule has 0 amide bonds. The number of thiophene rings is 1. The van der Waals surface area contributed by atoms with Crippen LogP contribution in [-0.2, 0) is 0 Å². The first kappa shape index (κ1) is 30.5. The second kappa shape index (κ2) is 14.2. The van der Waals surface area contributed by atoms with E-state index in [1.807, 2.05) is 12.1 Å². The van der Waals surface area contributed by atoms with Crippen molar-refractivity contribution < 1.29 is 0 Å². The molecular weight excluding hydrogens is 493 g/mol. The van der Waals surface area contributed by atoms with Crippen LogP contribution < -0.4 is 5.73 Å². The lowest BCUT2D eigenvalue weighted by Gasteiger charge is -2.29. The second-order valence-electron chi connectivity index (χ2n) is 9.95. The van der Waals surface area contributed by atoms with Crippen LogP contribution in [0.1, 0.15) is 50.8 Å². The molecule has 0 saturated carbocycles. The molecule has 0 bridgehead atoms. The summed E-state index contributed by atoms with van der Waals surface area (Å²) in [4.78, 5) is 5.08. The monoisotopic (exact) mass is 532 g/mol. The highest BCUT2D eigenvalue weighted by molar-refractivity contribution is 8.03. The van der Waals surface area contributed by atoms with Gasteiger partial charge in [-0.3, -0.25) is 4.90 Å². The van der Waals surface area contributed by atoms with Crippen LogP contribution in [0.15, 0.2) is 64.8 Å². The number of hydrogen-bond acceptors (Lipinski definition) is 6. The Morgan fingerprint density at radius 1 is 1.35 bits per heavy atom. The summed E-state index contributed by atoms with van der Waals surface area (Å²) in [6, 6.07) is 6.63. The maximum Gasteiger partial charge on any atom is 0.110 e. The number of allylic oxidation sites excluding steroid dienone is 6. The lowest BCUT2D eigenvalue weighted by atomic mass is 9.85. The molecule has 0 aromatic carbocycles. The van der Waals surface area contributed by atoms with Crippen molar-refractivity contribution in [1.29, 1.82) is 10.7 Å². The van der Waals surface area contributed by atoms with Gasteiger partial charge in [-0.15, -0.1) is 29.5 Å². The van der Waals surface area contributed by atoms with E-state index in [2.05, 4.69) is 77.3 Å². The maximum atomic E-state index is 9.13. The zero-order valence-electron chi connectivity index (χ0n) is 22.9. The molecule has 1 aromatic rings. The Hall–Kier alpha value is -2.77. The summed E-state index contributed by atoms with van der Waals surface area (Å²) in [6.45, 7) is 14.9. The number of likely N-dealkylation sites (N-methyl/N-ethyl adjacent to an activating group) is 1. The SMILES string of the molecule is C#C/C=C(/C=C)SC/C(C)=C(\N)C(C)CC1C(C)C(C)C(/C=C(C)/C=C(\C=N)c2ccc(C#N)s2)N1C. The number of nitriles is 1. The van der Waals surface area contributed by atoms with Gasteiger partial charge in [-0.1, -0.05) is 51.0 Å². The zero-order valence-corrected chi connectivity index (χ0v) is 24.5. The maximum absolute atomic E-state index is 9.13. The summed E-state index contributed by atoms with van der Waals surface area (Å²) >= 11 is 3.09. The number of thioether (sulfide) groups is 1. The smallest absolute Gasteiger partial charge is 0.110 e. The molecule has 1 aliphatic rings. The van der Waals surface area contributed by atoms with Crippen molar-refractivity contribution >= 4 is 34.9 Å². The summed E-state index contributed by atoms with van der Waals surface area (Å²) in [6.07, 6.45) is 15.7. The van der Waals surface area contributed by atoms with E-state index in [1.54, 1.807) is 23.9 Å². The summed E-state index contributed by atoms with van der Waals surface area (Å²) in [5.41, 5.74) is 10.7. The summed E-state index contributed by atoms with van der Waals surface area (Å²) in [5.74, 6) is 4.65. The minimum absolute atomic E-state index is 0.271. The standard InChI is InChI=1S/C31H40N4S2/c1-9-11-26(10-2)36-19-22(5)31(34)21(4)16-29-24(7)23(6)28(35(29)8)15-20(3)14-25(17-32)30-13-12-27(18-33)37-30/h1,10-15,17,21,23-24,28-29,32H,2,16,19,34H2,3-8H3/b20-15+,25-14+,26-11-,31-22-,32-17?. The van der Waals surface area contributed by atoms with Crippen molar-refractivity contribution in [2.75, 3.05) is 12.8 Å². The van der Waals surface area contributed by atoms with Crippen molar-refractivity contribution in [3.63, 3.8) is 0 Å². The highest BCUT2D eigenvalue weighted by atomic mass is 32.2. The fraction of sp³-hybridized carbons (Fsp3) is 0.419. The fourth-order valence-corrected chi connectivity index (χ4v) is 6.61. The van der Waals surface area contributed by atoms with Gasteiger partial charge in [0.25, 0.3) is 0 Å². The van der Waals surface area contributed by atoms with Gasteiger partial charge >= 0.3 is 0 Å². The van der Waals surface area contributed by atoms with Crippen molar-refractivity contribution in [2.24, 2.45) is 23.5 Å². The second-order valence-corrected chi connectivity index (χ2v) is 12.1. The summed E-state index contributed by atoms with van der Waals surface area (Å²) < 4.78 is 0. The van der Waals surface area contributed by atoms with Crippen molar-refractivity contribution in [3.8, 4) is 18.4 Å². The zero-order chi connectivity index (χ0) is 27.7. The first-order chi connectivity index (χ1) is 17.6. The number of likely N-dealkylation sites (tertiary alicyclic amines) is 1. The fourth-order valence-electron chi connectivity index (χ4n) is 5.00. The van der Waals surface area contributed by atoms with Gasteiger partial charge in [0.05, 0.1) is 0 Å². The number of nitrogens with two attached hydrogens (primary N) is 1. The molecule has 5 unspecified atom stereocenters. The molecule has 1 aliphatic heterocycles. The molecule has 0 radical (unpaired) electrons. The minimum Gasteiger partial charge on any atom is -0.402 e. The van der Waals surface area contributed by atoms with Crippen molar-refractivity contribution in [1.82, 2.24) is 4.90 Å². The number of hydrogen-bond donors (Lipinski definition) is 2. The highest BCUT2D eigenvalue weighted by Gasteiger charge is 2.41. The predicted octanol–water partition coefficient (Wildman–Crippen LogP) is 7.25. The summed E-state index contributed by atoms with van der Waals surface area (Å²) in [5, 5.41) is 17.0. The molecule has 0 aliphatic carbocycles. The number of nitrogens with one attached hydrogen (secondary N) is 1. The average molecular weight is 533 g/mol. The van der Waals surface area contributed by atoms with E-state index in [4.69, 9.17) is 22.8 Å². The van der Waals surface area contributed by atoms with Gasteiger partial charge in [0.1, 0.15) is 10.9 Å². The van der Waals surface area contributed by atoms with Crippen molar-refractivity contribution in [3.05, 3.63) is 74.5 Å². The van der Waals surface area contributed by atoms with Crippen LogP contribution in [0.3, 0.4) is 0 Å². The molecule has 3 N–H and O–H groups in total. The average Bonchev–Trinajstić information content (AvgIpc) is 3.44. The minimum atomic E-state index is 0.271. The van der Waals surface area contributed by atoms with Crippen molar-refractivity contribution in [2.45, 2.75) is 53.1 Å². The van der Waals surface area contributed by atoms with Gasteiger partial charge in [0.15, 0.2) is 0 Å². The molecule has 1 saturated heterocycles. The van der Waals surface area contributed by atoms with Crippen LogP contribution in [0, 0.1) is 46.8 Å². The highest BCUT2D eigenvalue weighted by Crippen LogP contribution is 2.39. The van der Waals surface area contributed by atoms with E-state index in [0.717, 1.165) is 38.8 Å². The Balaban J connectivity index is 2.16. The summed E-state index contributed by atoms with van der Waals surface area (Å²) in [7, 11) is 2.22. The van der Waals surface area contributed by atoms with Gasteiger partial charge in [0.2, 0.25) is 0 Å². The molecule has 4 nitrogen and oxygen atoms in total. The van der Waals surface area contributed by atoms with Crippen LogP contribution in [0.2, 0.25) is 0 Å². The molecule has 5 atom stereocenters. The third kappa shape index (κ3) is 7.86. The predicted molar refractivity (Wildman–Crippen MR) is 163 cm³/mol. The normalized spacial score (nSPS) is 24.7. The van der Waals surface area contributed by atoms with Crippen LogP contribution >= 0.6 is 23.1 Å². The van der Waals surface area contributed by atoms with Gasteiger partial charge in [-0.25, -0.2) is 0 Å². The van der Waals surface area contributed by atoms with Gasteiger partial charge in [0, 0.05) is 51.2 Å². The van der Waals surface area contributed by atoms with E-state index in [9.17, 15) is 0 Å². The third-order valence-corrected chi connectivity index (χ3v) is 9.68.